The van der Waals surface area contributed by atoms with E-state index in [0.717, 1.165) is 31.2 Å². The molecule has 0 fully saturated rings. The fraction of sp³-hybridized carbons (Fsp3) is 0.462. The summed E-state index contributed by atoms with van der Waals surface area (Å²) in [5.41, 5.74) is 6.63. The number of hydrogen-bond donors (Lipinski definition) is 1. The Labute approximate surface area is 117 Å². The number of nitrogens with two attached hydrogens (primary N) is 1. The van der Waals surface area contributed by atoms with Crippen LogP contribution in [0.2, 0.25) is 0 Å². The van der Waals surface area contributed by atoms with Crippen molar-refractivity contribution in [2.75, 3.05) is 23.8 Å². The number of anilines is 2. The summed E-state index contributed by atoms with van der Waals surface area (Å²) in [7, 11) is 0. The van der Waals surface area contributed by atoms with E-state index in [0.29, 0.717) is 24.7 Å². The quantitative estimate of drug-likeness (QED) is 0.898. The van der Waals surface area contributed by atoms with Gasteiger partial charge in [-0.05, 0) is 6.42 Å². The highest BCUT2D eigenvalue weighted by molar-refractivity contribution is 5.67. The summed E-state index contributed by atoms with van der Waals surface area (Å²) in [4.78, 5) is 14.8. The molecule has 7 nitrogen and oxygen atoms in total. The third-order valence-electron chi connectivity index (χ3n) is 3.31. The second-order valence-electron chi connectivity index (χ2n) is 4.72. The molecule has 0 radical (unpaired) electrons. The third kappa shape index (κ3) is 2.26. The van der Waals surface area contributed by atoms with Crippen LogP contribution in [-0.2, 0) is 13.1 Å². The summed E-state index contributed by atoms with van der Waals surface area (Å²) in [6, 6.07) is 0. The van der Waals surface area contributed by atoms with Gasteiger partial charge in [0.1, 0.15) is 17.8 Å². The Hall–Kier alpha value is -2.31. The lowest BCUT2D eigenvalue weighted by atomic mass is 10.3. The summed E-state index contributed by atoms with van der Waals surface area (Å²) >= 11 is 0. The van der Waals surface area contributed by atoms with Gasteiger partial charge >= 0.3 is 0 Å². The van der Waals surface area contributed by atoms with E-state index in [2.05, 4.69) is 24.4 Å². The van der Waals surface area contributed by atoms with Crippen molar-refractivity contribution >= 4 is 11.5 Å². The number of fused-ring (bicyclic) bond motifs is 1. The first kappa shape index (κ1) is 12.7. The maximum Gasteiger partial charge on any atom is 0.242 e. The molecule has 2 N–H and O–H groups in total. The molecule has 0 aliphatic carbocycles. The van der Waals surface area contributed by atoms with E-state index >= 15 is 0 Å². The minimum Gasteiger partial charge on any atom is -0.476 e. The van der Waals surface area contributed by atoms with Crippen molar-refractivity contribution < 1.29 is 4.74 Å². The van der Waals surface area contributed by atoms with Gasteiger partial charge in [-0.25, -0.2) is 9.97 Å². The van der Waals surface area contributed by atoms with E-state index in [4.69, 9.17) is 10.5 Å². The number of nitrogen functional groups attached to an aromatic ring is 1. The molecule has 0 saturated heterocycles. The van der Waals surface area contributed by atoms with Crippen molar-refractivity contribution in [3.05, 3.63) is 24.5 Å². The summed E-state index contributed by atoms with van der Waals surface area (Å²) in [5, 5.41) is 0. The van der Waals surface area contributed by atoms with Crippen molar-refractivity contribution in [2.45, 2.75) is 26.4 Å². The zero-order chi connectivity index (χ0) is 13.9. The molecule has 1 aliphatic heterocycles. The molecule has 0 bridgehead atoms. The van der Waals surface area contributed by atoms with E-state index in [-0.39, 0.29) is 0 Å². The lowest BCUT2D eigenvalue weighted by Gasteiger charge is -2.29. The van der Waals surface area contributed by atoms with E-state index in [1.807, 2.05) is 19.3 Å². The molecule has 2 aromatic heterocycles. The summed E-state index contributed by atoms with van der Waals surface area (Å²) in [6.45, 7) is 5.07. The van der Waals surface area contributed by atoms with Gasteiger partial charge in [0.25, 0.3) is 0 Å². The van der Waals surface area contributed by atoms with Crippen LogP contribution in [0.3, 0.4) is 0 Å². The van der Waals surface area contributed by atoms with Crippen LogP contribution in [0.15, 0.2) is 18.7 Å². The Morgan fingerprint density at radius 2 is 2.20 bits per heavy atom. The first-order valence-electron chi connectivity index (χ1n) is 6.77. The van der Waals surface area contributed by atoms with Crippen LogP contribution in [0.5, 0.6) is 5.88 Å². The molecule has 3 rings (SSSR count). The molecule has 0 saturated carbocycles. The van der Waals surface area contributed by atoms with Crippen LogP contribution in [0.1, 0.15) is 19.2 Å². The van der Waals surface area contributed by atoms with Crippen molar-refractivity contribution in [3.63, 3.8) is 0 Å². The van der Waals surface area contributed by atoms with Gasteiger partial charge in [-0.3, -0.25) is 0 Å². The van der Waals surface area contributed by atoms with Gasteiger partial charge in [-0.15, -0.1) is 0 Å². The SMILES string of the molecule is CCCOc1ncnc(N2CCn3ccnc3C2)c1N. The molecule has 3 heterocycles. The minimum absolute atomic E-state index is 0.464. The van der Waals surface area contributed by atoms with Crippen LogP contribution >= 0.6 is 0 Å². The minimum atomic E-state index is 0.464. The topological polar surface area (TPSA) is 82.1 Å². The molecule has 0 aromatic carbocycles. The highest BCUT2D eigenvalue weighted by Gasteiger charge is 2.21. The number of rotatable bonds is 4. The predicted octanol–water partition coefficient (Wildman–Crippen LogP) is 1.06. The zero-order valence-electron chi connectivity index (χ0n) is 11.5. The largest absolute Gasteiger partial charge is 0.476 e. The van der Waals surface area contributed by atoms with Crippen LogP contribution in [0, 0.1) is 0 Å². The van der Waals surface area contributed by atoms with E-state index in [9.17, 15) is 0 Å². The number of aromatic nitrogens is 4. The van der Waals surface area contributed by atoms with Gasteiger partial charge in [-0.2, -0.15) is 4.98 Å². The molecule has 106 valence electrons. The molecule has 0 unspecified atom stereocenters. The fourth-order valence-electron chi connectivity index (χ4n) is 2.29. The average Bonchev–Trinajstić information content (AvgIpc) is 2.93. The predicted molar refractivity (Wildman–Crippen MR) is 75.5 cm³/mol. The van der Waals surface area contributed by atoms with E-state index in [1.54, 1.807) is 0 Å². The summed E-state index contributed by atoms with van der Waals surface area (Å²) in [6.07, 6.45) is 6.22. The number of hydrogen-bond acceptors (Lipinski definition) is 6. The van der Waals surface area contributed by atoms with Crippen LogP contribution in [0.4, 0.5) is 11.5 Å². The molecule has 7 heteroatoms. The van der Waals surface area contributed by atoms with E-state index < -0.39 is 0 Å². The van der Waals surface area contributed by atoms with Crippen molar-refractivity contribution in [1.82, 2.24) is 19.5 Å². The standard InChI is InChI=1S/C13H18N6O/c1-2-7-20-13-11(14)12(16-9-17-13)19-6-5-18-4-3-15-10(18)8-19/h3-4,9H,2,5-8,14H2,1H3. The zero-order valence-corrected chi connectivity index (χ0v) is 11.5. The van der Waals surface area contributed by atoms with Crippen molar-refractivity contribution in [3.8, 4) is 5.88 Å². The number of imidazole rings is 1. The second-order valence-corrected chi connectivity index (χ2v) is 4.72. The molecule has 1 aliphatic rings. The molecule has 0 spiro atoms. The molecule has 0 atom stereocenters. The van der Waals surface area contributed by atoms with Gasteiger partial charge < -0.3 is 19.9 Å². The fourth-order valence-corrected chi connectivity index (χ4v) is 2.29. The molecule has 20 heavy (non-hydrogen) atoms. The number of nitrogens with zero attached hydrogens (tertiary/aromatic N) is 5. The second kappa shape index (κ2) is 5.36. The van der Waals surface area contributed by atoms with Crippen molar-refractivity contribution in [2.24, 2.45) is 0 Å². The third-order valence-corrected chi connectivity index (χ3v) is 3.31. The van der Waals surface area contributed by atoms with Gasteiger partial charge in [0.2, 0.25) is 5.88 Å². The van der Waals surface area contributed by atoms with Crippen LogP contribution < -0.4 is 15.4 Å². The first-order valence-corrected chi connectivity index (χ1v) is 6.77. The first-order chi connectivity index (χ1) is 9.79. The molecule has 2 aromatic rings. The Morgan fingerprint density at radius 1 is 1.30 bits per heavy atom. The Bertz CT molecular complexity index is 596. The van der Waals surface area contributed by atoms with Crippen molar-refractivity contribution in [1.29, 1.82) is 0 Å². The van der Waals surface area contributed by atoms with Gasteiger partial charge in [0, 0.05) is 25.5 Å². The molecular weight excluding hydrogens is 256 g/mol. The lowest BCUT2D eigenvalue weighted by Crippen LogP contribution is -2.34. The molecular formula is C13H18N6O. The van der Waals surface area contributed by atoms with Gasteiger partial charge in [0.15, 0.2) is 5.82 Å². The summed E-state index contributed by atoms with van der Waals surface area (Å²) in [5.74, 6) is 2.21. The highest BCUT2D eigenvalue weighted by atomic mass is 16.5. The smallest absolute Gasteiger partial charge is 0.242 e. The summed E-state index contributed by atoms with van der Waals surface area (Å²) < 4.78 is 7.69. The highest BCUT2D eigenvalue weighted by Crippen LogP contribution is 2.29. The average molecular weight is 274 g/mol. The Morgan fingerprint density at radius 3 is 3.05 bits per heavy atom. The lowest BCUT2D eigenvalue weighted by molar-refractivity contribution is 0.306. The van der Waals surface area contributed by atoms with Gasteiger partial charge in [0.05, 0.1) is 13.2 Å². The molecule has 0 amide bonds. The van der Waals surface area contributed by atoms with Crippen LogP contribution in [-0.4, -0.2) is 32.7 Å². The van der Waals surface area contributed by atoms with E-state index in [1.165, 1.54) is 6.33 Å². The van der Waals surface area contributed by atoms with Gasteiger partial charge in [-0.1, -0.05) is 6.92 Å². The monoisotopic (exact) mass is 274 g/mol. The Balaban J connectivity index is 1.84. The van der Waals surface area contributed by atoms with Crippen LogP contribution in [0.25, 0.3) is 0 Å². The maximum atomic E-state index is 6.13. The normalized spacial score (nSPS) is 14.2. The maximum absolute atomic E-state index is 6.13. The Kier molecular flexibility index (Phi) is 3.41. The number of ether oxygens (including phenoxy) is 1.